The Hall–Kier alpha value is -0.900. The van der Waals surface area contributed by atoms with Crippen LogP contribution in [0.25, 0.3) is 0 Å². The van der Waals surface area contributed by atoms with Gasteiger partial charge in [0.1, 0.15) is 5.78 Å². The molecule has 2 aliphatic rings. The second kappa shape index (κ2) is 6.25. The Morgan fingerprint density at radius 1 is 0.900 bits per heavy atom. The maximum Gasteiger partial charge on any atom is 0.307 e. The minimum Gasteiger partial charge on any atom is -0.481 e. The molecule has 2 saturated carbocycles. The van der Waals surface area contributed by atoms with Crippen LogP contribution in [0.2, 0.25) is 0 Å². The molecule has 0 radical (unpaired) electrons. The molecule has 0 heterocycles. The van der Waals surface area contributed by atoms with E-state index in [1.807, 2.05) is 0 Å². The Balaban J connectivity index is 2.10. The fourth-order valence-electron chi connectivity index (χ4n) is 3.92. The monoisotopic (exact) mass is 282 g/mol. The maximum absolute atomic E-state index is 12.7. The third kappa shape index (κ3) is 3.05. The SMILES string of the molecule is CC1CC(O)C(C(=O)C2CCCCC2C(=O)O)CC1C. The summed E-state index contributed by atoms with van der Waals surface area (Å²) in [5.74, 6) is -1.29. The maximum atomic E-state index is 12.7. The molecule has 20 heavy (non-hydrogen) atoms. The summed E-state index contributed by atoms with van der Waals surface area (Å²) in [6.07, 6.45) is 3.84. The van der Waals surface area contributed by atoms with Gasteiger partial charge in [0.15, 0.2) is 0 Å². The van der Waals surface area contributed by atoms with Crippen molar-refractivity contribution in [2.75, 3.05) is 0 Å². The van der Waals surface area contributed by atoms with E-state index in [4.69, 9.17) is 0 Å². The number of hydrogen-bond acceptors (Lipinski definition) is 3. The first-order valence-electron chi connectivity index (χ1n) is 7.86. The van der Waals surface area contributed by atoms with Gasteiger partial charge >= 0.3 is 5.97 Å². The lowest BCUT2D eigenvalue weighted by Crippen LogP contribution is -2.44. The van der Waals surface area contributed by atoms with E-state index in [2.05, 4.69) is 13.8 Å². The smallest absolute Gasteiger partial charge is 0.307 e. The highest BCUT2D eigenvalue weighted by Gasteiger charge is 2.43. The van der Waals surface area contributed by atoms with Crippen molar-refractivity contribution in [3.8, 4) is 0 Å². The zero-order valence-corrected chi connectivity index (χ0v) is 12.4. The summed E-state index contributed by atoms with van der Waals surface area (Å²) < 4.78 is 0. The lowest BCUT2D eigenvalue weighted by Gasteiger charge is -2.38. The summed E-state index contributed by atoms with van der Waals surface area (Å²) in [5, 5.41) is 19.5. The Morgan fingerprint density at radius 3 is 2.05 bits per heavy atom. The quantitative estimate of drug-likeness (QED) is 0.834. The fraction of sp³-hybridized carbons (Fsp3) is 0.875. The third-order valence-electron chi connectivity index (χ3n) is 5.49. The largest absolute Gasteiger partial charge is 0.481 e. The first kappa shape index (κ1) is 15.5. The van der Waals surface area contributed by atoms with Gasteiger partial charge in [-0.1, -0.05) is 26.7 Å². The highest BCUT2D eigenvalue weighted by atomic mass is 16.4. The molecule has 2 rings (SSSR count). The molecule has 2 fully saturated rings. The van der Waals surface area contributed by atoms with Crippen molar-refractivity contribution < 1.29 is 19.8 Å². The first-order valence-corrected chi connectivity index (χ1v) is 7.86. The van der Waals surface area contributed by atoms with Crippen LogP contribution in [-0.2, 0) is 9.59 Å². The minimum absolute atomic E-state index is 0.00310. The van der Waals surface area contributed by atoms with Crippen LogP contribution in [0.4, 0.5) is 0 Å². The number of carboxylic acids is 1. The Kier molecular flexibility index (Phi) is 4.84. The van der Waals surface area contributed by atoms with Crippen LogP contribution in [-0.4, -0.2) is 28.1 Å². The second-order valence-electron chi connectivity index (χ2n) is 6.84. The van der Waals surface area contributed by atoms with Crippen molar-refractivity contribution >= 4 is 11.8 Å². The van der Waals surface area contributed by atoms with E-state index in [-0.39, 0.29) is 17.6 Å². The number of aliphatic carboxylic acids is 1. The average Bonchev–Trinajstić information content (AvgIpc) is 2.42. The third-order valence-corrected chi connectivity index (χ3v) is 5.49. The van der Waals surface area contributed by atoms with E-state index in [1.54, 1.807) is 0 Å². The van der Waals surface area contributed by atoms with Crippen LogP contribution in [0.15, 0.2) is 0 Å². The number of hydrogen-bond donors (Lipinski definition) is 2. The molecular weight excluding hydrogens is 256 g/mol. The summed E-state index contributed by atoms with van der Waals surface area (Å²) in [4.78, 5) is 24.0. The fourth-order valence-corrected chi connectivity index (χ4v) is 3.92. The number of ketones is 1. The van der Waals surface area contributed by atoms with E-state index in [9.17, 15) is 19.8 Å². The van der Waals surface area contributed by atoms with E-state index >= 15 is 0 Å². The number of aliphatic hydroxyl groups excluding tert-OH is 1. The summed E-state index contributed by atoms with van der Waals surface area (Å²) in [6, 6.07) is 0. The number of rotatable bonds is 3. The zero-order chi connectivity index (χ0) is 14.9. The molecule has 2 N–H and O–H groups in total. The molecule has 0 aliphatic heterocycles. The van der Waals surface area contributed by atoms with E-state index in [1.165, 1.54) is 0 Å². The van der Waals surface area contributed by atoms with Crippen molar-refractivity contribution in [1.29, 1.82) is 0 Å². The van der Waals surface area contributed by atoms with Crippen LogP contribution in [0.3, 0.4) is 0 Å². The molecule has 0 spiro atoms. The van der Waals surface area contributed by atoms with Crippen molar-refractivity contribution in [3.05, 3.63) is 0 Å². The van der Waals surface area contributed by atoms with Crippen molar-refractivity contribution in [2.45, 2.75) is 58.5 Å². The predicted molar refractivity (Wildman–Crippen MR) is 75.1 cm³/mol. The minimum atomic E-state index is -0.852. The highest BCUT2D eigenvalue weighted by molar-refractivity contribution is 5.88. The summed E-state index contributed by atoms with van der Waals surface area (Å²) in [5.41, 5.74) is 0. The number of carboxylic acid groups (broad SMARTS) is 1. The summed E-state index contributed by atoms with van der Waals surface area (Å²) in [7, 11) is 0. The van der Waals surface area contributed by atoms with Gasteiger partial charge in [0.25, 0.3) is 0 Å². The highest BCUT2D eigenvalue weighted by Crippen LogP contribution is 2.39. The molecule has 0 saturated heterocycles. The van der Waals surface area contributed by atoms with Crippen LogP contribution in [0, 0.1) is 29.6 Å². The van der Waals surface area contributed by atoms with Gasteiger partial charge < -0.3 is 10.2 Å². The molecular formula is C16H26O4. The van der Waals surface area contributed by atoms with Crippen molar-refractivity contribution in [3.63, 3.8) is 0 Å². The van der Waals surface area contributed by atoms with Crippen LogP contribution in [0.5, 0.6) is 0 Å². The zero-order valence-electron chi connectivity index (χ0n) is 12.4. The van der Waals surface area contributed by atoms with Gasteiger partial charge in [0.05, 0.1) is 12.0 Å². The lowest BCUT2D eigenvalue weighted by atomic mass is 9.67. The normalized spacial score (nSPS) is 42.1. The average molecular weight is 282 g/mol. The number of carbonyl (C=O) groups is 2. The van der Waals surface area contributed by atoms with E-state index < -0.39 is 18.0 Å². The van der Waals surface area contributed by atoms with Gasteiger partial charge in [-0.3, -0.25) is 9.59 Å². The molecule has 6 atom stereocenters. The van der Waals surface area contributed by atoms with Gasteiger partial charge in [-0.25, -0.2) is 0 Å². The van der Waals surface area contributed by atoms with E-state index in [0.717, 1.165) is 12.8 Å². The van der Waals surface area contributed by atoms with Gasteiger partial charge in [-0.15, -0.1) is 0 Å². The molecule has 4 heteroatoms. The van der Waals surface area contributed by atoms with Crippen molar-refractivity contribution in [2.24, 2.45) is 29.6 Å². The lowest BCUT2D eigenvalue weighted by molar-refractivity contribution is -0.151. The van der Waals surface area contributed by atoms with Crippen molar-refractivity contribution in [1.82, 2.24) is 0 Å². The van der Waals surface area contributed by atoms with Gasteiger partial charge in [-0.05, 0) is 37.5 Å². The first-order chi connectivity index (χ1) is 9.41. The topological polar surface area (TPSA) is 74.6 Å². The van der Waals surface area contributed by atoms with Gasteiger partial charge in [0, 0.05) is 11.8 Å². The van der Waals surface area contributed by atoms with Gasteiger partial charge in [-0.2, -0.15) is 0 Å². The molecule has 6 unspecified atom stereocenters. The summed E-state index contributed by atoms with van der Waals surface area (Å²) in [6.45, 7) is 4.22. The molecule has 0 aromatic carbocycles. The number of aliphatic hydroxyl groups is 1. The molecule has 0 bridgehead atoms. The number of carbonyl (C=O) groups excluding carboxylic acids is 1. The summed E-state index contributed by atoms with van der Waals surface area (Å²) >= 11 is 0. The molecule has 0 amide bonds. The van der Waals surface area contributed by atoms with E-state index in [0.29, 0.717) is 37.5 Å². The van der Waals surface area contributed by atoms with Crippen LogP contribution >= 0.6 is 0 Å². The molecule has 0 aromatic heterocycles. The standard InChI is InChI=1S/C16H26O4/c1-9-7-13(14(17)8-10(9)2)15(18)11-5-3-4-6-12(11)16(19)20/h9-14,17H,3-8H2,1-2H3,(H,19,20). The Bertz CT molecular complexity index is 379. The predicted octanol–water partition coefficient (Wildman–Crippen LogP) is 2.49. The Morgan fingerprint density at radius 2 is 1.45 bits per heavy atom. The molecule has 4 nitrogen and oxygen atoms in total. The second-order valence-corrected chi connectivity index (χ2v) is 6.84. The number of Topliss-reactive ketones (excluding diaryl/α,β-unsaturated/α-hetero) is 1. The molecule has 2 aliphatic carbocycles. The molecule has 114 valence electrons. The van der Waals surface area contributed by atoms with Crippen LogP contribution < -0.4 is 0 Å². The van der Waals surface area contributed by atoms with Gasteiger partial charge in [0.2, 0.25) is 0 Å². The Labute approximate surface area is 120 Å². The molecule has 0 aromatic rings. The van der Waals surface area contributed by atoms with Crippen LogP contribution in [0.1, 0.15) is 52.4 Å².